The van der Waals surface area contributed by atoms with Crippen molar-refractivity contribution in [2.24, 2.45) is 23.2 Å². The molecular formula is C10H16O. The van der Waals surface area contributed by atoms with Crippen molar-refractivity contribution >= 4 is 5.78 Å². The molecule has 0 aliphatic heterocycles. The number of Topliss-reactive ketones (excluding diaryl/α,β-unsaturated/α-hetero) is 1. The standard InChI is InChI=1S/C10H16O/c1-6(2)10-5-8(10)7(3)4-9(10)11/h6-8H,4-5H2,1-3H3/t7-,8+,10+/m1/s1. The average Bonchev–Trinajstić information content (AvgIpc) is 2.56. The van der Waals surface area contributed by atoms with Gasteiger partial charge in [-0.15, -0.1) is 0 Å². The quantitative estimate of drug-likeness (QED) is 0.563. The van der Waals surface area contributed by atoms with E-state index in [1.165, 1.54) is 6.42 Å². The Kier molecular flexibility index (Phi) is 1.25. The molecule has 0 radical (unpaired) electrons. The highest BCUT2D eigenvalue weighted by Gasteiger charge is 2.66. The molecule has 2 aliphatic carbocycles. The van der Waals surface area contributed by atoms with Gasteiger partial charge in [0.25, 0.3) is 0 Å². The smallest absolute Gasteiger partial charge is 0.139 e. The second kappa shape index (κ2) is 1.88. The largest absolute Gasteiger partial charge is 0.299 e. The first-order valence-electron chi connectivity index (χ1n) is 4.62. The summed E-state index contributed by atoms with van der Waals surface area (Å²) in [5.74, 6) is 2.54. The highest BCUT2D eigenvalue weighted by molar-refractivity contribution is 5.91. The van der Waals surface area contributed by atoms with Crippen molar-refractivity contribution in [1.82, 2.24) is 0 Å². The summed E-state index contributed by atoms with van der Waals surface area (Å²) in [5.41, 5.74) is 0.152. The molecule has 2 aliphatic rings. The van der Waals surface area contributed by atoms with Crippen molar-refractivity contribution < 1.29 is 4.79 Å². The second-order valence-corrected chi connectivity index (χ2v) is 4.61. The average molecular weight is 152 g/mol. The van der Waals surface area contributed by atoms with Crippen LogP contribution < -0.4 is 0 Å². The lowest BCUT2D eigenvalue weighted by molar-refractivity contribution is -0.124. The zero-order chi connectivity index (χ0) is 8.22. The van der Waals surface area contributed by atoms with Crippen LogP contribution in [0.25, 0.3) is 0 Å². The van der Waals surface area contributed by atoms with Crippen LogP contribution in [0.3, 0.4) is 0 Å². The van der Waals surface area contributed by atoms with E-state index in [2.05, 4.69) is 20.8 Å². The molecule has 1 heteroatoms. The van der Waals surface area contributed by atoms with Gasteiger partial charge in [-0.05, 0) is 24.2 Å². The van der Waals surface area contributed by atoms with Crippen molar-refractivity contribution in [3.05, 3.63) is 0 Å². The van der Waals surface area contributed by atoms with E-state index < -0.39 is 0 Å². The zero-order valence-electron chi connectivity index (χ0n) is 7.55. The fourth-order valence-corrected chi connectivity index (χ4v) is 2.95. The number of hydrogen-bond donors (Lipinski definition) is 0. The van der Waals surface area contributed by atoms with Crippen LogP contribution >= 0.6 is 0 Å². The number of carbonyl (C=O) groups is 1. The minimum Gasteiger partial charge on any atom is -0.299 e. The van der Waals surface area contributed by atoms with Gasteiger partial charge in [0.1, 0.15) is 5.78 Å². The zero-order valence-corrected chi connectivity index (χ0v) is 7.55. The van der Waals surface area contributed by atoms with Gasteiger partial charge in [-0.1, -0.05) is 20.8 Å². The van der Waals surface area contributed by atoms with Crippen molar-refractivity contribution in [2.75, 3.05) is 0 Å². The molecule has 0 spiro atoms. The number of carbonyl (C=O) groups excluding carboxylic acids is 1. The molecule has 0 aromatic rings. The Hall–Kier alpha value is -0.330. The highest BCUT2D eigenvalue weighted by Crippen LogP contribution is 2.67. The first-order chi connectivity index (χ1) is 5.09. The fraction of sp³-hybridized carbons (Fsp3) is 0.900. The van der Waals surface area contributed by atoms with Gasteiger partial charge >= 0.3 is 0 Å². The Balaban J connectivity index is 2.26. The summed E-state index contributed by atoms with van der Waals surface area (Å²) < 4.78 is 0. The van der Waals surface area contributed by atoms with Gasteiger partial charge in [0, 0.05) is 11.8 Å². The van der Waals surface area contributed by atoms with Crippen LogP contribution in [0.2, 0.25) is 0 Å². The van der Waals surface area contributed by atoms with Crippen LogP contribution in [0.15, 0.2) is 0 Å². The molecule has 0 heterocycles. The summed E-state index contributed by atoms with van der Waals surface area (Å²) in [6.07, 6.45) is 2.04. The number of ketones is 1. The summed E-state index contributed by atoms with van der Waals surface area (Å²) in [7, 11) is 0. The Morgan fingerprint density at radius 1 is 1.55 bits per heavy atom. The van der Waals surface area contributed by atoms with Crippen molar-refractivity contribution in [3.63, 3.8) is 0 Å². The van der Waals surface area contributed by atoms with Gasteiger partial charge < -0.3 is 0 Å². The van der Waals surface area contributed by atoms with E-state index in [-0.39, 0.29) is 5.41 Å². The summed E-state index contributed by atoms with van der Waals surface area (Å²) in [5, 5.41) is 0. The highest BCUT2D eigenvalue weighted by atomic mass is 16.1. The third-order valence-electron chi connectivity index (χ3n) is 3.80. The van der Waals surface area contributed by atoms with Crippen LogP contribution in [0.5, 0.6) is 0 Å². The third kappa shape index (κ3) is 0.692. The maximum atomic E-state index is 11.6. The maximum Gasteiger partial charge on any atom is 0.139 e. The van der Waals surface area contributed by atoms with E-state index in [4.69, 9.17) is 0 Å². The normalized spacial score (nSPS) is 48.2. The number of rotatable bonds is 1. The van der Waals surface area contributed by atoms with E-state index in [9.17, 15) is 4.79 Å². The first-order valence-corrected chi connectivity index (χ1v) is 4.62. The molecule has 2 fully saturated rings. The lowest BCUT2D eigenvalue weighted by Crippen LogP contribution is -2.18. The van der Waals surface area contributed by atoms with Crippen LogP contribution in [0.1, 0.15) is 33.6 Å². The van der Waals surface area contributed by atoms with E-state index in [0.29, 0.717) is 17.6 Å². The molecule has 0 amide bonds. The maximum absolute atomic E-state index is 11.6. The van der Waals surface area contributed by atoms with Gasteiger partial charge in [-0.2, -0.15) is 0 Å². The molecule has 62 valence electrons. The summed E-state index contributed by atoms with van der Waals surface area (Å²) >= 11 is 0. The summed E-state index contributed by atoms with van der Waals surface area (Å²) in [4.78, 5) is 11.6. The monoisotopic (exact) mass is 152 g/mol. The van der Waals surface area contributed by atoms with Crippen molar-refractivity contribution in [2.45, 2.75) is 33.6 Å². The summed E-state index contributed by atoms with van der Waals surface area (Å²) in [6, 6.07) is 0. The van der Waals surface area contributed by atoms with Gasteiger partial charge in [0.2, 0.25) is 0 Å². The van der Waals surface area contributed by atoms with Crippen LogP contribution in [-0.2, 0) is 4.79 Å². The molecule has 3 atom stereocenters. The Bertz CT molecular complexity index is 207. The Morgan fingerprint density at radius 2 is 2.18 bits per heavy atom. The lowest BCUT2D eigenvalue weighted by atomic mass is 9.89. The topological polar surface area (TPSA) is 17.1 Å². The SMILES string of the molecule is CC(C)[C@@]12C[C@H]1[C@H](C)CC2=O. The summed E-state index contributed by atoms with van der Waals surface area (Å²) in [6.45, 7) is 6.60. The molecule has 1 nitrogen and oxygen atoms in total. The van der Waals surface area contributed by atoms with Crippen LogP contribution in [0, 0.1) is 23.2 Å². The lowest BCUT2D eigenvalue weighted by Gasteiger charge is -2.14. The van der Waals surface area contributed by atoms with E-state index >= 15 is 0 Å². The molecule has 11 heavy (non-hydrogen) atoms. The first kappa shape index (κ1) is 7.33. The molecule has 0 aromatic carbocycles. The molecule has 2 saturated carbocycles. The number of fused-ring (bicyclic) bond motifs is 1. The Labute approximate surface area is 68.2 Å². The second-order valence-electron chi connectivity index (χ2n) is 4.61. The van der Waals surface area contributed by atoms with Gasteiger partial charge in [0.15, 0.2) is 0 Å². The number of hydrogen-bond acceptors (Lipinski definition) is 1. The molecule has 0 aromatic heterocycles. The minimum atomic E-state index is 0.152. The Morgan fingerprint density at radius 3 is 2.36 bits per heavy atom. The van der Waals surface area contributed by atoms with E-state index in [1.54, 1.807) is 0 Å². The van der Waals surface area contributed by atoms with Crippen LogP contribution in [0.4, 0.5) is 0 Å². The molecule has 0 saturated heterocycles. The molecule has 2 rings (SSSR count). The molecular weight excluding hydrogens is 136 g/mol. The van der Waals surface area contributed by atoms with Gasteiger partial charge in [-0.3, -0.25) is 4.79 Å². The fourth-order valence-electron chi connectivity index (χ4n) is 2.95. The minimum absolute atomic E-state index is 0.152. The van der Waals surface area contributed by atoms with Crippen molar-refractivity contribution in [3.8, 4) is 0 Å². The van der Waals surface area contributed by atoms with E-state index in [1.807, 2.05) is 0 Å². The van der Waals surface area contributed by atoms with E-state index in [0.717, 1.165) is 12.3 Å². The van der Waals surface area contributed by atoms with Crippen LogP contribution in [-0.4, -0.2) is 5.78 Å². The van der Waals surface area contributed by atoms with Gasteiger partial charge in [0.05, 0.1) is 0 Å². The molecule has 0 unspecified atom stereocenters. The predicted molar refractivity (Wildman–Crippen MR) is 44.2 cm³/mol. The molecule has 0 N–H and O–H groups in total. The van der Waals surface area contributed by atoms with Crippen molar-refractivity contribution in [1.29, 1.82) is 0 Å². The van der Waals surface area contributed by atoms with Gasteiger partial charge in [-0.25, -0.2) is 0 Å². The third-order valence-corrected chi connectivity index (χ3v) is 3.80. The predicted octanol–water partition coefficient (Wildman–Crippen LogP) is 2.26. The molecule has 0 bridgehead atoms.